The van der Waals surface area contributed by atoms with Crippen molar-refractivity contribution in [3.05, 3.63) is 21.3 Å². The molecule has 0 aliphatic heterocycles. The number of nitrogens with one attached hydrogen (secondary N) is 2. The lowest BCUT2D eigenvalue weighted by atomic mass is 10.2. The molecule has 1 fully saturated rings. The van der Waals surface area contributed by atoms with Gasteiger partial charge in [0.2, 0.25) is 5.91 Å². The predicted octanol–water partition coefficient (Wildman–Crippen LogP) is 2.94. The number of carbonyl (C=O) groups excluding carboxylic acids is 1. The molecule has 18 heavy (non-hydrogen) atoms. The maximum Gasteiger partial charge on any atom is 0.237 e. The lowest BCUT2D eigenvalue weighted by molar-refractivity contribution is -0.123. The van der Waals surface area contributed by atoms with Gasteiger partial charge in [-0.25, -0.2) is 0 Å². The normalized spacial score (nSPS) is 17.9. The van der Waals surface area contributed by atoms with E-state index >= 15 is 0 Å². The smallest absolute Gasteiger partial charge is 0.237 e. The molecule has 100 valence electrons. The summed E-state index contributed by atoms with van der Waals surface area (Å²) in [6, 6.07) is 4.10. The molecule has 2 N–H and O–H groups in total. The molecule has 2 rings (SSSR count). The topological polar surface area (TPSA) is 41.1 Å². The molecule has 1 aliphatic rings. The van der Waals surface area contributed by atoms with Gasteiger partial charge >= 0.3 is 0 Å². The molecule has 0 bridgehead atoms. The van der Waals surface area contributed by atoms with Crippen molar-refractivity contribution in [1.82, 2.24) is 10.6 Å². The van der Waals surface area contributed by atoms with E-state index in [-0.39, 0.29) is 11.9 Å². The fourth-order valence-electron chi connectivity index (χ4n) is 2.19. The lowest BCUT2D eigenvalue weighted by Gasteiger charge is -2.17. The summed E-state index contributed by atoms with van der Waals surface area (Å²) in [6.07, 6.45) is 4.72. The molecule has 0 saturated heterocycles. The zero-order valence-electron chi connectivity index (χ0n) is 10.5. The van der Waals surface area contributed by atoms with Crippen molar-refractivity contribution in [1.29, 1.82) is 0 Å². The second-order valence-corrected chi connectivity index (χ2v) is 6.60. The van der Waals surface area contributed by atoms with Crippen LogP contribution in [0.4, 0.5) is 0 Å². The number of halogens is 1. The maximum atomic E-state index is 11.9. The molecule has 1 unspecified atom stereocenters. The van der Waals surface area contributed by atoms with Gasteiger partial charge in [0.1, 0.15) is 0 Å². The minimum Gasteiger partial charge on any atom is -0.352 e. The van der Waals surface area contributed by atoms with E-state index < -0.39 is 0 Å². The Morgan fingerprint density at radius 2 is 2.22 bits per heavy atom. The van der Waals surface area contributed by atoms with Gasteiger partial charge in [0.15, 0.2) is 0 Å². The van der Waals surface area contributed by atoms with Crippen molar-refractivity contribution in [2.45, 2.75) is 51.2 Å². The summed E-state index contributed by atoms with van der Waals surface area (Å²) in [7, 11) is 0. The first kappa shape index (κ1) is 13.8. The highest BCUT2D eigenvalue weighted by Gasteiger charge is 2.20. The Balaban J connectivity index is 1.73. The Bertz CT molecular complexity index is 401. The van der Waals surface area contributed by atoms with E-state index in [2.05, 4.69) is 10.6 Å². The van der Waals surface area contributed by atoms with Gasteiger partial charge in [0.25, 0.3) is 0 Å². The Morgan fingerprint density at radius 1 is 1.50 bits per heavy atom. The summed E-state index contributed by atoms with van der Waals surface area (Å²) in [5, 5.41) is 6.32. The van der Waals surface area contributed by atoms with E-state index in [4.69, 9.17) is 11.6 Å². The average Bonchev–Trinajstić information content (AvgIpc) is 2.97. The van der Waals surface area contributed by atoms with Crippen LogP contribution in [0.25, 0.3) is 0 Å². The maximum absolute atomic E-state index is 11.9. The summed E-state index contributed by atoms with van der Waals surface area (Å²) in [4.78, 5) is 13.1. The highest BCUT2D eigenvalue weighted by molar-refractivity contribution is 7.16. The zero-order chi connectivity index (χ0) is 13.0. The molecule has 1 heterocycles. The molecule has 0 radical (unpaired) electrons. The van der Waals surface area contributed by atoms with E-state index in [1.54, 1.807) is 11.3 Å². The summed E-state index contributed by atoms with van der Waals surface area (Å²) in [6.45, 7) is 2.59. The summed E-state index contributed by atoms with van der Waals surface area (Å²) < 4.78 is 0.787. The average molecular weight is 287 g/mol. The first-order valence-electron chi connectivity index (χ1n) is 6.43. The van der Waals surface area contributed by atoms with Crippen molar-refractivity contribution in [2.24, 2.45) is 0 Å². The minimum atomic E-state index is -0.161. The van der Waals surface area contributed by atoms with Gasteiger partial charge in [-0.15, -0.1) is 11.3 Å². The van der Waals surface area contributed by atoms with E-state index in [0.29, 0.717) is 12.6 Å². The first-order valence-corrected chi connectivity index (χ1v) is 7.62. The van der Waals surface area contributed by atoms with Crippen molar-refractivity contribution in [3.8, 4) is 0 Å². The molecular weight excluding hydrogens is 268 g/mol. The van der Waals surface area contributed by atoms with Crippen LogP contribution in [-0.4, -0.2) is 18.0 Å². The SMILES string of the molecule is CC(NCc1ccc(Cl)s1)C(=O)NC1CCCC1. The number of rotatable bonds is 5. The van der Waals surface area contributed by atoms with Crippen LogP contribution in [0.15, 0.2) is 12.1 Å². The highest BCUT2D eigenvalue weighted by Crippen LogP contribution is 2.21. The molecule has 3 nitrogen and oxygen atoms in total. The third-order valence-electron chi connectivity index (χ3n) is 3.31. The van der Waals surface area contributed by atoms with Gasteiger partial charge in [-0.1, -0.05) is 24.4 Å². The second kappa shape index (κ2) is 6.55. The lowest BCUT2D eigenvalue weighted by Crippen LogP contribution is -2.45. The summed E-state index contributed by atoms with van der Waals surface area (Å²) in [5.41, 5.74) is 0. The Hall–Kier alpha value is -0.580. The predicted molar refractivity (Wildman–Crippen MR) is 76.0 cm³/mol. The van der Waals surface area contributed by atoms with E-state index in [1.165, 1.54) is 12.8 Å². The standard InChI is InChI=1S/C13H19ClN2OS/c1-9(13(17)16-10-4-2-3-5-10)15-8-11-6-7-12(14)18-11/h6-7,9-10,15H,2-5,8H2,1H3,(H,16,17). The van der Waals surface area contributed by atoms with Crippen LogP contribution < -0.4 is 10.6 Å². The number of hydrogen-bond donors (Lipinski definition) is 2. The van der Waals surface area contributed by atoms with Crippen LogP contribution in [-0.2, 0) is 11.3 Å². The van der Waals surface area contributed by atoms with Crippen LogP contribution in [0.1, 0.15) is 37.5 Å². The van der Waals surface area contributed by atoms with Gasteiger partial charge < -0.3 is 10.6 Å². The van der Waals surface area contributed by atoms with Gasteiger partial charge in [-0.3, -0.25) is 4.79 Å². The third kappa shape index (κ3) is 3.97. The highest BCUT2D eigenvalue weighted by atomic mass is 35.5. The number of thiophene rings is 1. The van der Waals surface area contributed by atoms with Crippen LogP contribution in [0.3, 0.4) is 0 Å². The number of hydrogen-bond acceptors (Lipinski definition) is 3. The Labute approximate surface area is 117 Å². The van der Waals surface area contributed by atoms with E-state index in [0.717, 1.165) is 22.1 Å². The van der Waals surface area contributed by atoms with Crippen LogP contribution in [0, 0.1) is 0 Å². The van der Waals surface area contributed by atoms with Crippen LogP contribution in [0.2, 0.25) is 4.34 Å². The van der Waals surface area contributed by atoms with Crippen molar-refractivity contribution in [2.75, 3.05) is 0 Å². The van der Waals surface area contributed by atoms with E-state index in [9.17, 15) is 4.79 Å². The summed E-state index contributed by atoms with van der Waals surface area (Å²) >= 11 is 7.41. The molecule has 1 atom stereocenters. The monoisotopic (exact) mass is 286 g/mol. The fourth-order valence-corrected chi connectivity index (χ4v) is 3.23. The fraction of sp³-hybridized carbons (Fsp3) is 0.615. The molecule has 0 aromatic carbocycles. The molecule has 1 aliphatic carbocycles. The molecule has 1 aromatic heterocycles. The first-order chi connectivity index (χ1) is 8.65. The molecule has 0 spiro atoms. The third-order valence-corrected chi connectivity index (χ3v) is 4.54. The van der Waals surface area contributed by atoms with Crippen LogP contribution in [0.5, 0.6) is 0 Å². The van der Waals surface area contributed by atoms with Crippen molar-refractivity contribution >= 4 is 28.8 Å². The van der Waals surface area contributed by atoms with E-state index in [1.807, 2.05) is 19.1 Å². The number of carbonyl (C=O) groups is 1. The molecule has 1 amide bonds. The molecular formula is C13H19ClN2OS. The second-order valence-electron chi connectivity index (χ2n) is 4.80. The van der Waals surface area contributed by atoms with Gasteiger partial charge in [-0.2, -0.15) is 0 Å². The molecule has 1 aromatic rings. The quantitative estimate of drug-likeness (QED) is 0.874. The van der Waals surface area contributed by atoms with Gasteiger partial charge in [0, 0.05) is 17.5 Å². The van der Waals surface area contributed by atoms with Crippen molar-refractivity contribution < 1.29 is 4.79 Å². The van der Waals surface area contributed by atoms with Crippen LogP contribution >= 0.6 is 22.9 Å². The minimum absolute atomic E-state index is 0.101. The zero-order valence-corrected chi connectivity index (χ0v) is 12.1. The summed E-state index contributed by atoms with van der Waals surface area (Å²) in [5.74, 6) is 0.101. The Morgan fingerprint density at radius 3 is 2.83 bits per heavy atom. The van der Waals surface area contributed by atoms with Crippen molar-refractivity contribution in [3.63, 3.8) is 0 Å². The number of amides is 1. The molecule has 1 saturated carbocycles. The molecule has 5 heteroatoms. The van der Waals surface area contributed by atoms with Gasteiger partial charge in [0.05, 0.1) is 10.4 Å². The Kier molecular flexibility index (Phi) is 5.03. The largest absolute Gasteiger partial charge is 0.352 e. The van der Waals surface area contributed by atoms with Gasteiger partial charge in [-0.05, 0) is 31.9 Å².